The maximum Gasteiger partial charge on any atom is 0.255 e. The quantitative estimate of drug-likeness (QED) is 0.642. The number of nitrogens with one attached hydrogen (secondary N) is 1. The first-order chi connectivity index (χ1) is 13.3. The summed E-state index contributed by atoms with van der Waals surface area (Å²) in [6.07, 6.45) is 0. The molecule has 3 aromatic rings. The number of halogens is 1. The van der Waals surface area contributed by atoms with Crippen LogP contribution in [0, 0.1) is 13.8 Å². The van der Waals surface area contributed by atoms with Gasteiger partial charge in [-0.05, 0) is 56.3 Å². The highest BCUT2D eigenvalue weighted by Crippen LogP contribution is 2.28. The van der Waals surface area contributed by atoms with E-state index in [1.807, 2.05) is 38.9 Å². The molecule has 28 heavy (non-hydrogen) atoms. The molecule has 7 heteroatoms. The highest BCUT2D eigenvalue weighted by Gasteiger charge is 2.12. The summed E-state index contributed by atoms with van der Waals surface area (Å²) in [6, 6.07) is 12.3. The van der Waals surface area contributed by atoms with Crippen molar-refractivity contribution < 1.29 is 14.1 Å². The number of hydrogen-bond donors (Lipinski definition) is 1. The molecule has 0 aliphatic rings. The molecular formula is C21H22ClN3O3. The van der Waals surface area contributed by atoms with Crippen molar-refractivity contribution in [2.75, 3.05) is 24.3 Å². The minimum absolute atomic E-state index is 0.220. The number of ether oxygens (including phenoxy) is 1. The lowest BCUT2D eigenvalue weighted by molar-refractivity contribution is 0.102. The fraction of sp³-hybridized carbons (Fsp3) is 0.238. The van der Waals surface area contributed by atoms with Crippen LogP contribution in [-0.4, -0.2) is 25.2 Å². The van der Waals surface area contributed by atoms with E-state index in [0.29, 0.717) is 28.6 Å². The van der Waals surface area contributed by atoms with Crippen LogP contribution >= 0.6 is 11.6 Å². The number of anilines is 2. The van der Waals surface area contributed by atoms with Gasteiger partial charge in [0.25, 0.3) is 5.91 Å². The zero-order valence-corrected chi connectivity index (χ0v) is 17.0. The number of benzene rings is 2. The third-order valence-electron chi connectivity index (χ3n) is 4.37. The average Bonchev–Trinajstić information content (AvgIpc) is 2.98. The Hall–Kier alpha value is -2.99. The Labute approximate surface area is 169 Å². The summed E-state index contributed by atoms with van der Waals surface area (Å²) in [5.41, 5.74) is 3.79. The summed E-state index contributed by atoms with van der Waals surface area (Å²) in [5, 5.41) is 7.38. The van der Waals surface area contributed by atoms with E-state index >= 15 is 0 Å². The number of aromatic nitrogens is 1. The Morgan fingerprint density at radius 3 is 2.50 bits per heavy atom. The number of amides is 1. The maximum absolute atomic E-state index is 12.6. The van der Waals surface area contributed by atoms with Gasteiger partial charge in [-0.15, -0.1) is 0 Å². The molecule has 0 atom stereocenters. The molecule has 0 spiro atoms. The number of rotatable bonds is 6. The van der Waals surface area contributed by atoms with Gasteiger partial charge < -0.3 is 19.5 Å². The van der Waals surface area contributed by atoms with E-state index in [1.165, 1.54) is 0 Å². The standard InChI is InChI=1S/C21H22ClN3O3/c1-13-18(14(2)28-24-13)12-27-17-8-5-15(6-9-17)21(26)23-19-11-16(22)7-10-20(19)25(3)4/h5-11H,12H2,1-4H3,(H,23,26). The lowest BCUT2D eigenvalue weighted by Crippen LogP contribution is -2.16. The molecule has 0 bridgehead atoms. The van der Waals surface area contributed by atoms with Crippen LogP contribution in [0.4, 0.5) is 11.4 Å². The van der Waals surface area contributed by atoms with Gasteiger partial charge in [-0.25, -0.2) is 0 Å². The lowest BCUT2D eigenvalue weighted by atomic mass is 10.2. The van der Waals surface area contributed by atoms with Crippen molar-refractivity contribution in [3.63, 3.8) is 0 Å². The highest BCUT2D eigenvalue weighted by atomic mass is 35.5. The van der Waals surface area contributed by atoms with Crippen LogP contribution < -0.4 is 15.0 Å². The molecule has 0 saturated carbocycles. The monoisotopic (exact) mass is 399 g/mol. The average molecular weight is 400 g/mol. The maximum atomic E-state index is 12.6. The van der Waals surface area contributed by atoms with Gasteiger partial charge in [-0.3, -0.25) is 4.79 Å². The van der Waals surface area contributed by atoms with Crippen molar-refractivity contribution in [3.8, 4) is 5.75 Å². The second kappa shape index (κ2) is 8.35. The highest BCUT2D eigenvalue weighted by molar-refractivity contribution is 6.31. The van der Waals surface area contributed by atoms with E-state index in [0.717, 1.165) is 22.7 Å². The fourth-order valence-electron chi connectivity index (χ4n) is 2.76. The van der Waals surface area contributed by atoms with Gasteiger partial charge in [0.2, 0.25) is 0 Å². The van der Waals surface area contributed by atoms with Gasteiger partial charge >= 0.3 is 0 Å². The third kappa shape index (κ3) is 4.46. The molecule has 1 aromatic heterocycles. The minimum Gasteiger partial charge on any atom is -0.489 e. The molecule has 0 unspecified atom stereocenters. The molecule has 1 amide bonds. The molecular weight excluding hydrogens is 378 g/mol. The van der Waals surface area contributed by atoms with Crippen LogP contribution in [0.25, 0.3) is 0 Å². The molecule has 0 saturated heterocycles. The molecule has 3 rings (SSSR count). The van der Waals surface area contributed by atoms with Crippen molar-refractivity contribution in [2.24, 2.45) is 0 Å². The zero-order chi connectivity index (χ0) is 20.3. The molecule has 6 nitrogen and oxygen atoms in total. The van der Waals surface area contributed by atoms with Crippen molar-refractivity contribution in [3.05, 3.63) is 70.1 Å². The summed E-state index contributed by atoms with van der Waals surface area (Å²) < 4.78 is 10.9. The van der Waals surface area contributed by atoms with Gasteiger partial charge in [0, 0.05) is 24.7 Å². The lowest BCUT2D eigenvalue weighted by Gasteiger charge is -2.18. The smallest absolute Gasteiger partial charge is 0.255 e. The van der Waals surface area contributed by atoms with E-state index in [2.05, 4.69) is 10.5 Å². The Bertz CT molecular complexity index is 962. The summed E-state index contributed by atoms with van der Waals surface area (Å²) in [6.45, 7) is 4.09. The fourth-order valence-corrected chi connectivity index (χ4v) is 2.93. The normalized spacial score (nSPS) is 10.6. The van der Waals surface area contributed by atoms with Crippen molar-refractivity contribution in [2.45, 2.75) is 20.5 Å². The van der Waals surface area contributed by atoms with Crippen LogP contribution in [0.2, 0.25) is 5.02 Å². The molecule has 0 fully saturated rings. The number of nitrogens with zero attached hydrogens (tertiary/aromatic N) is 2. The molecule has 1 heterocycles. The molecule has 0 radical (unpaired) electrons. The Morgan fingerprint density at radius 1 is 1.18 bits per heavy atom. The second-order valence-electron chi connectivity index (χ2n) is 6.63. The van der Waals surface area contributed by atoms with E-state index in [-0.39, 0.29) is 5.91 Å². The first-order valence-electron chi connectivity index (χ1n) is 8.78. The predicted molar refractivity (Wildman–Crippen MR) is 110 cm³/mol. The van der Waals surface area contributed by atoms with Gasteiger partial charge in [-0.2, -0.15) is 0 Å². The molecule has 0 aliphatic carbocycles. The first kappa shape index (κ1) is 19.8. The van der Waals surface area contributed by atoms with Crippen LogP contribution in [0.3, 0.4) is 0 Å². The number of carbonyl (C=O) groups excluding carboxylic acids is 1. The number of carbonyl (C=O) groups is 1. The summed E-state index contributed by atoms with van der Waals surface area (Å²) in [4.78, 5) is 14.5. The first-order valence-corrected chi connectivity index (χ1v) is 9.16. The summed E-state index contributed by atoms with van der Waals surface area (Å²) in [5.74, 6) is 1.18. The van der Waals surface area contributed by atoms with Gasteiger partial charge in [0.1, 0.15) is 18.1 Å². The largest absolute Gasteiger partial charge is 0.489 e. The number of hydrogen-bond acceptors (Lipinski definition) is 5. The van der Waals surface area contributed by atoms with E-state index in [4.69, 9.17) is 20.9 Å². The molecule has 146 valence electrons. The summed E-state index contributed by atoms with van der Waals surface area (Å²) in [7, 11) is 3.81. The Morgan fingerprint density at radius 2 is 1.89 bits per heavy atom. The van der Waals surface area contributed by atoms with Crippen molar-refractivity contribution in [1.82, 2.24) is 5.16 Å². The second-order valence-corrected chi connectivity index (χ2v) is 7.06. The van der Waals surface area contributed by atoms with Gasteiger partial charge in [0.15, 0.2) is 0 Å². The molecule has 2 aromatic carbocycles. The SMILES string of the molecule is Cc1noc(C)c1COc1ccc(C(=O)Nc2cc(Cl)ccc2N(C)C)cc1. The predicted octanol–water partition coefficient (Wildman–Crippen LogP) is 4.84. The van der Waals surface area contributed by atoms with Gasteiger partial charge in [0.05, 0.1) is 22.6 Å². The van der Waals surface area contributed by atoms with Crippen LogP contribution in [0.15, 0.2) is 47.0 Å². The molecule has 0 aliphatic heterocycles. The number of aryl methyl sites for hydroxylation is 2. The Balaban J connectivity index is 1.68. The molecule has 1 N–H and O–H groups in total. The van der Waals surface area contributed by atoms with Crippen molar-refractivity contribution in [1.29, 1.82) is 0 Å². The van der Waals surface area contributed by atoms with Crippen LogP contribution in [0.5, 0.6) is 5.75 Å². The van der Waals surface area contributed by atoms with E-state index in [9.17, 15) is 4.79 Å². The van der Waals surface area contributed by atoms with Crippen LogP contribution in [0.1, 0.15) is 27.4 Å². The summed E-state index contributed by atoms with van der Waals surface area (Å²) >= 11 is 6.07. The Kier molecular flexibility index (Phi) is 5.90. The van der Waals surface area contributed by atoms with Crippen molar-refractivity contribution >= 4 is 28.9 Å². The van der Waals surface area contributed by atoms with Crippen LogP contribution in [-0.2, 0) is 6.61 Å². The minimum atomic E-state index is -0.220. The topological polar surface area (TPSA) is 67.6 Å². The van der Waals surface area contributed by atoms with E-state index in [1.54, 1.807) is 36.4 Å². The zero-order valence-electron chi connectivity index (χ0n) is 16.2. The third-order valence-corrected chi connectivity index (χ3v) is 4.60. The van der Waals surface area contributed by atoms with Gasteiger partial charge in [-0.1, -0.05) is 16.8 Å². The van der Waals surface area contributed by atoms with E-state index < -0.39 is 0 Å².